The van der Waals surface area contributed by atoms with Crippen LogP contribution < -0.4 is 5.32 Å². The van der Waals surface area contributed by atoms with Crippen LogP contribution in [0.25, 0.3) is 0 Å². The Morgan fingerprint density at radius 1 is 1.27 bits per heavy atom. The molecule has 0 aliphatic carbocycles. The topological polar surface area (TPSA) is 15.3 Å². The van der Waals surface area contributed by atoms with Gasteiger partial charge in [0.1, 0.15) is 0 Å². The van der Waals surface area contributed by atoms with Gasteiger partial charge in [0.05, 0.1) is 0 Å². The molecule has 2 aliphatic heterocycles. The molecule has 0 saturated carbocycles. The van der Waals surface area contributed by atoms with E-state index in [-0.39, 0.29) is 0 Å². The Balaban J connectivity index is 1.97. The molecular weight excluding hydrogens is 136 g/mol. The van der Waals surface area contributed by atoms with Crippen LogP contribution >= 0.6 is 0 Å². The predicted molar refractivity (Wildman–Crippen MR) is 46.6 cm³/mol. The van der Waals surface area contributed by atoms with Gasteiger partial charge in [0, 0.05) is 19.1 Å². The van der Waals surface area contributed by atoms with Crippen LogP contribution in [-0.4, -0.2) is 37.6 Å². The molecule has 0 radical (unpaired) electrons. The van der Waals surface area contributed by atoms with Crippen molar-refractivity contribution < 1.29 is 0 Å². The molecule has 2 nitrogen and oxygen atoms in total. The Kier molecular flexibility index (Phi) is 1.90. The molecule has 0 aromatic carbocycles. The van der Waals surface area contributed by atoms with E-state index in [0.29, 0.717) is 0 Å². The summed E-state index contributed by atoms with van der Waals surface area (Å²) in [6.45, 7) is 6.19. The molecule has 0 spiro atoms. The first kappa shape index (κ1) is 7.56. The highest BCUT2D eigenvalue weighted by atomic mass is 15.1. The summed E-state index contributed by atoms with van der Waals surface area (Å²) < 4.78 is 0. The maximum atomic E-state index is 3.55. The van der Waals surface area contributed by atoms with Gasteiger partial charge in [0.15, 0.2) is 0 Å². The maximum absolute atomic E-state index is 3.55. The van der Waals surface area contributed by atoms with E-state index in [1.165, 1.54) is 26.1 Å². The molecule has 0 bridgehead atoms. The second-order valence-corrected chi connectivity index (χ2v) is 4.29. The normalized spacial score (nSPS) is 45.8. The molecule has 0 aromatic heterocycles. The lowest BCUT2D eigenvalue weighted by Gasteiger charge is -2.29. The van der Waals surface area contributed by atoms with E-state index in [0.717, 1.165) is 17.9 Å². The van der Waals surface area contributed by atoms with E-state index in [1.807, 2.05) is 0 Å². The summed E-state index contributed by atoms with van der Waals surface area (Å²) in [6, 6.07) is 0.753. The average Bonchev–Trinajstić information content (AvgIpc) is 2.27. The van der Waals surface area contributed by atoms with Gasteiger partial charge in [-0.05, 0) is 38.8 Å². The molecule has 1 N–H and O–H groups in total. The van der Waals surface area contributed by atoms with Gasteiger partial charge in [-0.3, -0.25) is 0 Å². The van der Waals surface area contributed by atoms with E-state index in [1.54, 1.807) is 0 Å². The van der Waals surface area contributed by atoms with Crippen LogP contribution in [0.1, 0.15) is 13.3 Å². The molecule has 2 rings (SSSR count). The maximum Gasteiger partial charge on any atom is 0.00420 e. The zero-order valence-corrected chi connectivity index (χ0v) is 7.51. The number of nitrogens with zero attached hydrogens (tertiary/aromatic N) is 1. The Bertz CT molecular complexity index is 146. The summed E-state index contributed by atoms with van der Waals surface area (Å²) in [6.07, 6.45) is 1.38. The first-order valence-corrected chi connectivity index (χ1v) is 4.67. The van der Waals surface area contributed by atoms with Gasteiger partial charge >= 0.3 is 0 Å². The van der Waals surface area contributed by atoms with Crippen molar-refractivity contribution in [2.24, 2.45) is 11.8 Å². The second-order valence-electron chi connectivity index (χ2n) is 4.29. The number of fused-ring (bicyclic) bond motifs is 1. The molecule has 0 aromatic rings. The molecule has 3 atom stereocenters. The van der Waals surface area contributed by atoms with Crippen LogP contribution in [0.3, 0.4) is 0 Å². The zero-order valence-electron chi connectivity index (χ0n) is 7.51. The minimum absolute atomic E-state index is 0.753. The summed E-state index contributed by atoms with van der Waals surface area (Å²) in [5, 5.41) is 3.55. The number of nitrogens with one attached hydrogen (secondary N) is 1. The highest BCUT2D eigenvalue weighted by Gasteiger charge is 2.34. The summed E-state index contributed by atoms with van der Waals surface area (Å²) in [4.78, 5) is 2.47. The van der Waals surface area contributed by atoms with E-state index in [2.05, 4.69) is 24.2 Å². The number of likely N-dealkylation sites (tertiary alicyclic amines) is 1. The summed E-state index contributed by atoms with van der Waals surface area (Å²) >= 11 is 0. The van der Waals surface area contributed by atoms with Crippen molar-refractivity contribution >= 4 is 0 Å². The molecule has 0 amide bonds. The molecule has 11 heavy (non-hydrogen) atoms. The van der Waals surface area contributed by atoms with Gasteiger partial charge in [-0.2, -0.15) is 0 Å². The van der Waals surface area contributed by atoms with Crippen LogP contribution in [0.5, 0.6) is 0 Å². The minimum atomic E-state index is 0.753. The van der Waals surface area contributed by atoms with Crippen molar-refractivity contribution in [1.29, 1.82) is 0 Å². The van der Waals surface area contributed by atoms with Crippen molar-refractivity contribution in [1.82, 2.24) is 10.2 Å². The number of hydrogen-bond donors (Lipinski definition) is 1. The fraction of sp³-hybridized carbons (Fsp3) is 1.00. The van der Waals surface area contributed by atoms with Gasteiger partial charge in [0.25, 0.3) is 0 Å². The lowest BCUT2D eigenvalue weighted by atomic mass is 9.86. The molecule has 1 unspecified atom stereocenters. The average molecular weight is 154 g/mol. The van der Waals surface area contributed by atoms with E-state index >= 15 is 0 Å². The van der Waals surface area contributed by atoms with Crippen LogP contribution in [0.4, 0.5) is 0 Å². The van der Waals surface area contributed by atoms with Crippen LogP contribution in [0.15, 0.2) is 0 Å². The lowest BCUT2D eigenvalue weighted by molar-refractivity contribution is 0.269. The predicted octanol–water partition coefficient (Wildman–Crippen LogP) is 0.546. The Morgan fingerprint density at radius 3 is 2.82 bits per heavy atom. The van der Waals surface area contributed by atoms with Crippen molar-refractivity contribution in [2.45, 2.75) is 19.4 Å². The van der Waals surface area contributed by atoms with E-state index in [4.69, 9.17) is 0 Å². The van der Waals surface area contributed by atoms with Crippen LogP contribution in [-0.2, 0) is 0 Å². The molecule has 2 fully saturated rings. The fourth-order valence-corrected chi connectivity index (χ4v) is 2.56. The Hall–Kier alpha value is -0.0800. The standard InChI is InChI=1S/C9H18N2/c1-7-3-8-5-11(2)6-9(8)4-10-7/h7-10H,3-6H2,1-2H3/t7?,8-,9+/m1/s1. The third kappa shape index (κ3) is 1.42. The summed E-state index contributed by atoms with van der Waals surface area (Å²) in [5.41, 5.74) is 0. The lowest BCUT2D eigenvalue weighted by Crippen LogP contribution is -2.41. The SMILES string of the molecule is CC1C[C@@H]2CN(C)C[C@@H]2CN1. The summed E-state index contributed by atoms with van der Waals surface area (Å²) in [5.74, 6) is 1.92. The van der Waals surface area contributed by atoms with Gasteiger partial charge in [-0.1, -0.05) is 0 Å². The van der Waals surface area contributed by atoms with Gasteiger partial charge in [0.2, 0.25) is 0 Å². The first-order chi connectivity index (χ1) is 5.25. The third-order valence-electron chi connectivity index (χ3n) is 3.14. The molecule has 2 aliphatic rings. The molecule has 64 valence electrons. The number of hydrogen-bond acceptors (Lipinski definition) is 2. The van der Waals surface area contributed by atoms with Gasteiger partial charge < -0.3 is 10.2 Å². The highest BCUT2D eigenvalue weighted by Crippen LogP contribution is 2.28. The molecule has 2 saturated heterocycles. The van der Waals surface area contributed by atoms with Crippen LogP contribution in [0.2, 0.25) is 0 Å². The molecule has 2 heterocycles. The summed E-state index contributed by atoms with van der Waals surface area (Å²) in [7, 11) is 2.24. The van der Waals surface area contributed by atoms with E-state index < -0.39 is 0 Å². The largest absolute Gasteiger partial charge is 0.314 e. The van der Waals surface area contributed by atoms with Gasteiger partial charge in [-0.25, -0.2) is 0 Å². The number of rotatable bonds is 0. The van der Waals surface area contributed by atoms with Crippen molar-refractivity contribution in [3.63, 3.8) is 0 Å². The molecule has 2 heteroatoms. The fourth-order valence-electron chi connectivity index (χ4n) is 2.56. The van der Waals surface area contributed by atoms with Crippen molar-refractivity contribution in [3.05, 3.63) is 0 Å². The third-order valence-corrected chi connectivity index (χ3v) is 3.14. The Morgan fingerprint density at radius 2 is 2.00 bits per heavy atom. The second kappa shape index (κ2) is 2.76. The smallest absolute Gasteiger partial charge is 0.00420 e. The quantitative estimate of drug-likeness (QED) is 0.548. The Labute approximate surface area is 69.0 Å². The van der Waals surface area contributed by atoms with Crippen molar-refractivity contribution in [2.75, 3.05) is 26.7 Å². The zero-order chi connectivity index (χ0) is 7.84. The van der Waals surface area contributed by atoms with E-state index in [9.17, 15) is 0 Å². The van der Waals surface area contributed by atoms with Crippen LogP contribution in [0, 0.1) is 11.8 Å². The monoisotopic (exact) mass is 154 g/mol. The van der Waals surface area contributed by atoms with Gasteiger partial charge in [-0.15, -0.1) is 0 Å². The van der Waals surface area contributed by atoms with Crippen molar-refractivity contribution in [3.8, 4) is 0 Å². The molecular formula is C9H18N2. The number of piperidine rings is 1. The minimum Gasteiger partial charge on any atom is -0.314 e. The first-order valence-electron chi connectivity index (χ1n) is 4.67. The highest BCUT2D eigenvalue weighted by molar-refractivity contribution is 4.89.